The van der Waals surface area contributed by atoms with E-state index in [0.29, 0.717) is 11.4 Å². The third-order valence-electron chi connectivity index (χ3n) is 5.02. The van der Waals surface area contributed by atoms with Crippen molar-refractivity contribution < 1.29 is 23.1 Å². The fourth-order valence-corrected chi connectivity index (χ4v) is 3.34. The van der Waals surface area contributed by atoms with Gasteiger partial charge in [-0.2, -0.15) is 0 Å². The second-order valence-electron chi connectivity index (χ2n) is 7.15. The minimum atomic E-state index is -0.792. The monoisotopic (exact) mass is 417 g/mol. The minimum absolute atomic E-state index is 0.0472. The topological polar surface area (TPSA) is 70.7 Å². The van der Waals surface area contributed by atoms with E-state index in [9.17, 15) is 18.4 Å². The molecule has 160 valence electrons. The molecule has 0 bridgehead atoms. The van der Waals surface area contributed by atoms with Crippen LogP contribution in [-0.2, 0) is 9.59 Å². The molecule has 2 aromatic rings. The molecule has 6 nitrogen and oxygen atoms in total. The number of ether oxygens (including phenoxy) is 1. The summed E-state index contributed by atoms with van der Waals surface area (Å²) in [4.78, 5) is 26.9. The number of nitrogens with zero attached hydrogens (tertiary/aromatic N) is 1. The standard InChI is InChI=1S/C22H25F2N3O3/c1-3-15(4-2)25-22(29)20-12-27(18-7-5-6-8-19(18)30-20)13-21(28)26-17-11-14(23)9-10-16(17)24/h5-11,15,20H,3-4,12-13H2,1-2H3,(H,25,29)(H,26,28). The van der Waals surface area contributed by atoms with Gasteiger partial charge in [-0.05, 0) is 37.1 Å². The van der Waals surface area contributed by atoms with Crippen molar-refractivity contribution >= 4 is 23.2 Å². The lowest BCUT2D eigenvalue weighted by molar-refractivity contribution is -0.129. The number of rotatable bonds is 7. The maximum atomic E-state index is 13.8. The maximum Gasteiger partial charge on any atom is 0.263 e. The Balaban J connectivity index is 1.74. The zero-order valence-corrected chi connectivity index (χ0v) is 17.0. The number of carbonyl (C=O) groups excluding carboxylic acids is 2. The number of fused-ring (bicyclic) bond motifs is 1. The van der Waals surface area contributed by atoms with E-state index >= 15 is 0 Å². The first kappa shape index (κ1) is 21.5. The number of hydrogen-bond acceptors (Lipinski definition) is 4. The van der Waals surface area contributed by atoms with Gasteiger partial charge in [0.2, 0.25) is 5.91 Å². The molecule has 0 saturated heterocycles. The van der Waals surface area contributed by atoms with E-state index in [1.54, 1.807) is 29.2 Å². The van der Waals surface area contributed by atoms with Gasteiger partial charge in [0.05, 0.1) is 24.5 Å². The molecule has 2 aromatic carbocycles. The number of carbonyl (C=O) groups is 2. The fourth-order valence-electron chi connectivity index (χ4n) is 3.34. The van der Waals surface area contributed by atoms with Crippen LogP contribution < -0.4 is 20.3 Å². The van der Waals surface area contributed by atoms with Gasteiger partial charge >= 0.3 is 0 Å². The molecular weight excluding hydrogens is 392 g/mol. The molecule has 1 aliphatic rings. The lowest BCUT2D eigenvalue weighted by Crippen LogP contribution is -2.52. The third kappa shape index (κ3) is 5.06. The molecule has 0 aromatic heterocycles. The number of para-hydroxylation sites is 2. The van der Waals surface area contributed by atoms with Crippen molar-refractivity contribution in [2.45, 2.75) is 38.8 Å². The normalized spacial score (nSPS) is 15.4. The molecule has 1 unspecified atom stereocenters. The Morgan fingerprint density at radius 2 is 1.90 bits per heavy atom. The van der Waals surface area contributed by atoms with Crippen molar-refractivity contribution in [3.63, 3.8) is 0 Å². The van der Waals surface area contributed by atoms with Gasteiger partial charge in [0.15, 0.2) is 6.10 Å². The number of amides is 2. The second kappa shape index (κ2) is 9.56. The van der Waals surface area contributed by atoms with Crippen molar-refractivity contribution in [2.24, 2.45) is 0 Å². The van der Waals surface area contributed by atoms with Crippen LogP contribution in [0.5, 0.6) is 5.75 Å². The molecule has 0 spiro atoms. The average molecular weight is 417 g/mol. The molecule has 0 fully saturated rings. The first-order chi connectivity index (χ1) is 14.4. The van der Waals surface area contributed by atoms with Crippen LogP contribution in [0.2, 0.25) is 0 Å². The summed E-state index contributed by atoms with van der Waals surface area (Å²) < 4.78 is 33.1. The Bertz CT molecular complexity index is 918. The van der Waals surface area contributed by atoms with Gasteiger partial charge in [0, 0.05) is 12.1 Å². The Labute approximate surface area is 174 Å². The molecule has 1 heterocycles. The number of anilines is 2. The Kier molecular flexibility index (Phi) is 6.87. The molecule has 30 heavy (non-hydrogen) atoms. The highest BCUT2D eigenvalue weighted by molar-refractivity contribution is 5.95. The Morgan fingerprint density at radius 3 is 2.63 bits per heavy atom. The average Bonchev–Trinajstić information content (AvgIpc) is 2.74. The lowest BCUT2D eigenvalue weighted by atomic mass is 10.1. The van der Waals surface area contributed by atoms with Crippen LogP contribution in [0.1, 0.15) is 26.7 Å². The summed E-state index contributed by atoms with van der Waals surface area (Å²) in [6, 6.07) is 9.98. The van der Waals surface area contributed by atoms with Gasteiger partial charge in [0.1, 0.15) is 17.4 Å². The molecule has 2 amide bonds. The van der Waals surface area contributed by atoms with Crippen LogP contribution in [0.15, 0.2) is 42.5 Å². The van der Waals surface area contributed by atoms with Crippen molar-refractivity contribution in [3.8, 4) is 5.75 Å². The van der Waals surface area contributed by atoms with Crippen LogP contribution in [0, 0.1) is 11.6 Å². The third-order valence-corrected chi connectivity index (χ3v) is 5.02. The summed E-state index contributed by atoms with van der Waals surface area (Å²) in [7, 11) is 0. The van der Waals surface area contributed by atoms with Crippen molar-refractivity contribution in [3.05, 3.63) is 54.1 Å². The van der Waals surface area contributed by atoms with Gasteiger partial charge in [0.25, 0.3) is 5.91 Å². The minimum Gasteiger partial charge on any atom is -0.477 e. The van der Waals surface area contributed by atoms with E-state index < -0.39 is 23.6 Å². The lowest BCUT2D eigenvalue weighted by Gasteiger charge is -2.35. The zero-order valence-electron chi connectivity index (χ0n) is 17.0. The van der Waals surface area contributed by atoms with Gasteiger partial charge in [-0.1, -0.05) is 26.0 Å². The van der Waals surface area contributed by atoms with Crippen LogP contribution >= 0.6 is 0 Å². The van der Waals surface area contributed by atoms with Gasteiger partial charge in [-0.3, -0.25) is 9.59 Å². The maximum absolute atomic E-state index is 13.8. The molecular formula is C22H25F2N3O3. The quantitative estimate of drug-likeness (QED) is 0.724. The zero-order chi connectivity index (χ0) is 21.7. The van der Waals surface area contributed by atoms with E-state index in [1.165, 1.54) is 0 Å². The largest absolute Gasteiger partial charge is 0.477 e. The molecule has 0 aliphatic carbocycles. The number of nitrogens with one attached hydrogen (secondary N) is 2. The van der Waals surface area contributed by atoms with Gasteiger partial charge in [-0.25, -0.2) is 8.78 Å². The van der Waals surface area contributed by atoms with Crippen LogP contribution in [-0.4, -0.2) is 37.0 Å². The summed E-state index contributed by atoms with van der Waals surface area (Å²) in [5, 5.41) is 5.35. The van der Waals surface area contributed by atoms with Crippen LogP contribution in [0.4, 0.5) is 20.2 Å². The molecule has 1 atom stereocenters. The predicted molar refractivity (Wildman–Crippen MR) is 111 cm³/mol. The van der Waals surface area contributed by atoms with Crippen LogP contribution in [0.25, 0.3) is 0 Å². The first-order valence-corrected chi connectivity index (χ1v) is 9.97. The van der Waals surface area contributed by atoms with Crippen LogP contribution in [0.3, 0.4) is 0 Å². The van der Waals surface area contributed by atoms with E-state index in [-0.39, 0.29) is 30.7 Å². The highest BCUT2D eigenvalue weighted by Gasteiger charge is 2.32. The fraction of sp³-hybridized carbons (Fsp3) is 0.364. The molecule has 2 N–H and O–H groups in total. The van der Waals surface area contributed by atoms with Gasteiger partial charge in [-0.15, -0.1) is 0 Å². The van der Waals surface area contributed by atoms with Crippen molar-refractivity contribution in [1.82, 2.24) is 5.32 Å². The second-order valence-corrected chi connectivity index (χ2v) is 7.15. The highest BCUT2D eigenvalue weighted by atomic mass is 19.1. The number of hydrogen-bond donors (Lipinski definition) is 2. The van der Waals surface area contributed by atoms with E-state index in [2.05, 4.69) is 10.6 Å². The molecule has 3 rings (SSSR count). The number of halogens is 2. The molecule has 8 heteroatoms. The highest BCUT2D eigenvalue weighted by Crippen LogP contribution is 2.33. The summed E-state index contributed by atoms with van der Waals surface area (Å²) in [5.74, 6) is -1.68. The molecule has 0 saturated carbocycles. The number of benzene rings is 2. The summed E-state index contributed by atoms with van der Waals surface area (Å²) in [6.45, 7) is 3.99. The van der Waals surface area contributed by atoms with E-state index in [4.69, 9.17) is 4.74 Å². The van der Waals surface area contributed by atoms with Crippen molar-refractivity contribution in [2.75, 3.05) is 23.3 Å². The summed E-state index contributed by atoms with van der Waals surface area (Å²) >= 11 is 0. The predicted octanol–water partition coefficient (Wildman–Crippen LogP) is 3.48. The van der Waals surface area contributed by atoms with Crippen molar-refractivity contribution in [1.29, 1.82) is 0 Å². The summed E-state index contributed by atoms with van der Waals surface area (Å²) in [5.41, 5.74) is 0.420. The van der Waals surface area contributed by atoms with Gasteiger partial charge < -0.3 is 20.3 Å². The van der Waals surface area contributed by atoms with E-state index in [0.717, 1.165) is 31.0 Å². The Morgan fingerprint density at radius 1 is 1.17 bits per heavy atom. The molecule has 1 aliphatic heterocycles. The SMILES string of the molecule is CCC(CC)NC(=O)C1CN(CC(=O)Nc2cc(F)ccc2F)c2ccccc2O1. The Hall–Kier alpha value is -3.16. The van der Waals surface area contributed by atoms with E-state index in [1.807, 2.05) is 13.8 Å². The first-order valence-electron chi connectivity index (χ1n) is 9.97. The summed E-state index contributed by atoms with van der Waals surface area (Å²) in [6.07, 6.45) is 0.812. The molecule has 0 radical (unpaired) electrons. The smallest absolute Gasteiger partial charge is 0.263 e.